The minimum absolute atomic E-state index is 0.0851. The Morgan fingerprint density at radius 2 is 1.83 bits per heavy atom. The Kier molecular flexibility index (Phi) is 3.82. The summed E-state index contributed by atoms with van der Waals surface area (Å²) >= 11 is 6.20. The molecular formula is C19H15ClN2O2. The first-order chi connectivity index (χ1) is 11.7. The Morgan fingerprint density at radius 3 is 2.71 bits per heavy atom. The summed E-state index contributed by atoms with van der Waals surface area (Å²) in [7, 11) is 0. The molecule has 1 atom stereocenters. The van der Waals surface area contributed by atoms with Crippen LogP contribution in [0.3, 0.4) is 0 Å². The van der Waals surface area contributed by atoms with Crippen molar-refractivity contribution >= 4 is 34.1 Å². The topological polar surface area (TPSA) is 42.4 Å². The molecule has 0 N–H and O–H groups in total. The van der Waals surface area contributed by atoms with Crippen LogP contribution in [0, 0.1) is 0 Å². The SMILES string of the molecule is O=C1C(Oc2ccc3ccccc3n2)CCN1c1ccccc1Cl. The maximum atomic E-state index is 12.6. The van der Waals surface area contributed by atoms with E-state index < -0.39 is 6.10 Å². The van der Waals surface area contributed by atoms with Crippen LogP contribution in [0.25, 0.3) is 10.9 Å². The highest BCUT2D eigenvalue weighted by molar-refractivity contribution is 6.33. The lowest BCUT2D eigenvalue weighted by Gasteiger charge is -2.18. The molecule has 4 rings (SSSR count). The summed E-state index contributed by atoms with van der Waals surface area (Å²) in [6.45, 7) is 0.584. The number of hydrogen-bond acceptors (Lipinski definition) is 3. The minimum Gasteiger partial charge on any atom is -0.464 e. The van der Waals surface area contributed by atoms with Crippen molar-refractivity contribution in [2.24, 2.45) is 0 Å². The number of hydrogen-bond donors (Lipinski definition) is 0. The maximum absolute atomic E-state index is 12.6. The number of benzene rings is 2. The van der Waals surface area contributed by atoms with E-state index in [1.54, 1.807) is 17.0 Å². The second kappa shape index (κ2) is 6.13. The van der Waals surface area contributed by atoms with Gasteiger partial charge in [0.05, 0.1) is 16.2 Å². The predicted molar refractivity (Wildman–Crippen MR) is 94.6 cm³/mol. The summed E-state index contributed by atoms with van der Waals surface area (Å²) in [6, 6.07) is 18.9. The van der Waals surface area contributed by atoms with Crippen LogP contribution in [0.4, 0.5) is 5.69 Å². The summed E-state index contributed by atoms with van der Waals surface area (Å²) in [4.78, 5) is 18.8. The number of anilines is 1. The van der Waals surface area contributed by atoms with Crippen LogP contribution in [0.5, 0.6) is 5.88 Å². The van der Waals surface area contributed by atoms with Gasteiger partial charge in [-0.2, -0.15) is 0 Å². The lowest BCUT2D eigenvalue weighted by Crippen LogP contribution is -2.32. The number of aromatic nitrogens is 1. The van der Waals surface area contributed by atoms with Gasteiger partial charge in [0.1, 0.15) is 0 Å². The summed E-state index contributed by atoms with van der Waals surface area (Å²) in [5, 5.41) is 1.61. The number of rotatable bonds is 3. The molecule has 0 aliphatic carbocycles. The summed E-state index contributed by atoms with van der Waals surface area (Å²) < 4.78 is 5.84. The molecule has 1 aromatic heterocycles. The van der Waals surface area contributed by atoms with Crippen molar-refractivity contribution < 1.29 is 9.53 Å². The van der Waals surface area contributed by atoms with E-state index in [0.29, 0.717) is 23.9 Å². The first-order valence-corrected chi connectivity index (χ1v) is 8.18. The van der Waals surface area contributed by atoms with Crippen LogP contribution >= 0.6 is 11.6 Å². The molecule has 1 aliphatic heterocycles. The van der Waals surface area contributed by atoms with E-state index in [4.69, 9.17) is 16.3 Å². The van der Waals surface area contributed by atoms with Gasteiger partial charge in [-0.1, -0.05) is 41.9 Å². The fourth-order valence-corrected chi connectivity index (χ4v) is 3.17. The third-order valence-corrected chi connectivity index (χ3v) is 4.46. The molecule has 4 nitrogen and oxygen atoms in total. The van der Waals surface area contributed by atoms with Gasteiger partial charge >= 0.3 is 0 Å². The molecule has 2 aromatic carbocycles. The normalized spacial score (nSPS) is 17.5. The zero-order valence-corrected chi connectivity index (χ0v) is 13.6. The number of carbonyl (C=O) groups excluding carboxylic acids is 1. The molecule has 0 saturated carbocycles. The van der Waals surface area contributed by atoms with Gasteiger partial charge in [-0.25, -0.2) is 4.98 Å². The lowest BCUT2D eigenvalue weighted by atomic mass is 10.2. The molecule has 0 spiro atoms. The quantitative estimate of drug-likeness (QED) is 0.723. The largest absolute Gasteiger partial charge is 0.464 e. The zero-order valence-electron chi connectivity index (χ0n) is 12.9. The van der Waals surface area contributed by atoms with E-state index >= 15 is 0 Å². The van der Waals surface area contributed by atoms with Crippen molar-refractivity contribution in [2.45, 2.75) is 12.5 Å². The van der Waals surface area contributed by atoms with Crippen LogP contribution in [0.1, 0.15) is 6.42 Å². The van der Waals surface area contributed by atoms with Gasteiger partial charge in [-0.05, 0) is 24.3 Å². The van der Waals surface area contributed by atoms with Crippen molar-refractivity contribution in [1.82, 2.24) is 4.98 Å². The number of amides is 1. The van der Waals surface area contributed by atoms with E-state index in [2.05, 4.69) is 4.98 Å². The van der Waals surface area contributed by atoms with Crippen molar-refractivity contribution in [3.05, 3.63) is 65.7 Å². The van der Waals surface area contributed by atoms with E-state index in [1.165, 1.54) is 0 Å². The molecule has 1 fully saturated rings. The monoisotopic (exact) mass is 338 g/mol. The smallest absolute Gasteiger partial charge is 0.268 e. The van der Waals surface area contributed by atoms with Crippen molar-refractivity contribution in [3.8, 4) is 5.88 Å². The Morgan fingerprint density at radius 1 is 1.04 bits per heavy atom. The molecule has 24 heavy (non-hydrogen) atoms. The first kappa shape index (κ1) is 15.0. The lowest BCUT2D eigenvalue weighted by molar-refractivity contribution is -0.123. The second-order valence-electron chi connectivity index (χ2n) is 5.68. The molecular weight excluding hydrogens is 324 g/mol. The molecule has 1 unspecified atom stereocenters. The molecule has 0 bridgehead atoms. The number of nitrogens with zero attached hydrogens (tertiary/aromatic N) is 2. The highest BCUT2D eigenvalue weighted by Crippen LogP contribution is 2.30. The van der Waals surface area contributed by atoms with Gasteiger partial charge in [-0.15, -0.1) is 0 Å². The van der Waals surface area contributed by atoms with Gasteiger partial charge in [0.25, 0.3) is 5.91 Å². The van der Waals surface area contributed by atoms with Gasteiger partial charge in [-0.3, -0.25) is 4.79 Å². The molecule has 1 amide bonds. The van der Waals surface area contributed by atoms with E-state index in [-0.39, 0.29) is 5.91 Å². The number of pyridine rings is 1. The first-order valence-electron chi connectivity index (χ1n) is 7.81. The van der Waals surface area contributed by atoms with Crippen LogP contribution in [-0.2, 0) is 4.79 Å². The summed E-state index contributed by atoms with van der Waals surface area (Å²) in [5.74, 6) is 0.381. The van der Waals surface area contributed by atoms with Crippen LogP contribution in [-0.4, -0.2) is 23.5 Å². The van der Waals surface area contributed by atoms with Crippen molar-refractivity contribution in [3.63, 3.8) is 0 Å². The maximum Gasteiger partial charge on any atom is 0.268 e. The number of para-hydroxylation sites is 2. The standard InChI is InChI=1S/C19H15ClN2O2/c20-14-6-2-4-8-16(14)22-12-11-17(19(22)23)24-18-10-9-13-5-1-3-7-15(13)21-18/h1-10,17H,11-12H2. The average Bonchev–Trinajstić information content (AvgIpc) is 2.96. The summed E-state index contributed by atoms with van der Waals surface area (Å²) in [5.41, 5.74) is 1.57. The fraction of sp³-hybridized carbons (Fsp3) is 0.158. The second-order valence-corrected chi connectivity index (χ2v) is 6.09. The highest BCUT2D eigenvalue weighted by atomic mass is 35.5. The number of ether oxygens (including phenoxy) is 1. The molecule has 1 aliphatic rings. The Labute approximate surface area is 144 Å². The van der Waals surface area contributed by atoms with Crippen LogP contribution in [0.2, 0.25) is 5.02 Å². The van der Waals surface area contributed by atoms with Crippen LogP contribution in [0.15, 0.2) is 60.7 Å². The van der Waals surface area contributed by atoms with Crippen molar-refractivity contribution in [1.29, 1.82) is 0 Å². The van der Waals surface area contributed by atoms with Gasteiger partial charge in [0.15, 0.2) is 6.10 Å². The van der Waals surface area contributed by atoms with E-state index in [1.807, 2.05) is 48.5 Å². The third kappa shape index (κ3) is 2.69. The molecule has 0 radical (unpaired) electrons. The molecule has 3 aromatic rings. The molecule has 1 saturated heterocycles. The highest BCUT2D eigenvalue weighted by Gasteiger charge is 2.35. The van der Waals surface area contributed by atoms with Crippen LogP contribution < -0.4 is 9.64 Å². The molecule has 2 heterocycles. The minimum atomic E-state index is -0.532. The van der Waals surface area contributed by atoms with Gasteiger partial charge in [0.2, 0.25) is 5.88 Å². The van der Waals surface area contributed by atoms with Gasteiger partial charge in [0, 0.05) is 24.4 Å². The number of halogens is 1. The fourth-order valence-electron chi connectivity index (χ4n) is 2.93. The summed E-state index contributed by atoms with van der Waals surface area (Å²) in [6.07, 6.45) is 0.0772. The molecule has 5 heteroatoms. The number of carbonyl (C=O) groups is 1. The third-order valence-electron chi connectivity index (χ3n) is 4.14. The van der Waals surface area contributed by atoms with Gasteiger partial charge < -0.3 is 9.64 Å². The Bertz CT molecular complexity index is 913. The average molecular weight is 339 g/mol. The Hall–Kier alpha value is -2.59. The van der Waals surface area contributed by atoms with E-state index in [0.717, 1.165) is 16.6 Å². The zero-order chi connectivity index (χ0) is 16.5. The Balaban J connectivity index is 1.55. The molecule has 120 valence electrons. The predicted octanol–water partition coefficient (Wildman–Crippen LogP) is 4.07. The van der Waals surface area contributed by atoms with E-state index in [9.17, 15) is 4.79 Å². The van der Waals surface area contributed by atoms with Crippen molar-refractivity contribution in [2.75, 3.05) is 11.4 Å². The number of fused-ring (bicyclic) bond motifs is 1.